The van der Waals surface area contributed by atoms with Crippen LogP contribution in [0.2, 0.25) is 0 Å². The monoisotopic (exact) mass is 192 g/mol. The van der Waals surface area contributed by atoms with Crippen LogP contribution in [-0.2, 0) is 17.4 Å². The smallest absolute Gasteiger partial charge is 0.125 e. The summed E-state index contributed by atoms with van der Waals surface area (Å²) in [5.74, 6) is 1.67. The van der Waals surface area contributed by atoms with Crippen molar-refractivity contribution in [1.82, 2.24) is 8.96 Å². The molecule has 1 aromatic heterocycles. The first-order valence-electron chi connectivity index (χ1n) is 4.21. The largest absolute Gasteiger partial charge is 0.245 e. The van der Waals surface area contributed by atoms with Gasteiger partial charge >= 0.3 is 0 Å². The van der Waals surface area contributed by atoms with Gasteiger partial charge in [-0.2, -0.15) is 0 Å². The molecule has 0 spiro atoms. The summed E-state index contributed by atoms with van der Waals surface area (Å²) in [6, 6.07) is 7.83. The van der Waals surface area contributed by atoms with Crippen molar-refractivity contribution in [2.24, 2.45) is 0 Å². The van der Waals surface area contributed by atoms with Crippen molar-refractivity contribution in [2.75, 3.05) is 5.75 Å². The minimum atomic E-state index is -0.887. The molecule has 2 aromatic rings. The van der Waals surface area contributed by atoms with Gasteiger partial charge in [-0.05, 0) is 12.1 Å². The van der Waals surface area contributed by atoms with Crippen molar-refractivity contribution in [3.8, 4) is 0 Å². The van der Waals surface area contributed by atoms with Gasteiger partial charge in [-0.3, -0.25) is 0 Å². The molecule has 0 N–H and O–H groups in total. The van der Waals surface area contributed by atoms with Crippen molar-refractivity contribution in [1.29, 1.82) is 0 Å². The zero-order valence-electron chi connectivity index (χ0n) is 6.93. The summed E-state index contributed by atoms with van der Waals surface area (Å²) in [7, 11) is -0.887. The van der Waals surface area contributed by atoms with E-state index in [0.29, 0.717) is 5.75 Å². The Bertz CT molecular complexity index is 503. The Morgan fingerprint density at radius 2 is 2.23 bits per heavy atom. The van der Waals surface area contributed by atoms with E-state index in [1.807, 2.05) is 28.2 Å². The summed E-state index contributed by atoms with van der Waals surface area (Å²) in [6.07, 6.45) is 0.835. The molecule has 0 amide bonds. The lowest BCUT2D eigenvalue weighted by Crippen LogP contribution is -1.99. The Morgan fingerprint density at radius 3 is 3.15 bits per heavy atom. The van der Waals surface area contributed by atoms with Crippen molar-refractivity contribution < 1.29 is 4.21 Å². The Morgan fingerprint density at radius 1 is 1.38 bits per heavy atom. The molecule has 0 saturated carbocycles. The van der Waals surface area contributed by atoms with Gasteiger partial charge in [0.25, 0.3) is 0 Å². The van der Waals surface area contributed by atoms with Gasteiger partial charge in [0.1, 0.15) is 16.8 Å². The highest BCUT2D eigenvalue weighted by molar-refractivity contribution is 7.83. The maximum Gasteiger partial charge on any atom is 0.125 e. The van der Waals surface area contributed by atoms with Crippen LogP contribution in [-0.4, -0.2) is 18.9 Å². The zero-order valence-corrected chi connectivity index (χ0v) is 7.75. The number of aromatic nitrogens is 2. The molecule has 0 bridgehead atoms. The van der Waals surface area contributed by atoms with E-state index in [0.717, 1.165) is 23.3 Å². The van der Waals surface area contributed by atoms with E-state index in [9.17, 15) is 4.21 Å². The van der Waals surface area contributed by atoms with Crippen LogP contribution in [0.25, 0.3) is 11.0 Å². The average Bonchev–Trinajstić information content (AvgIpc) is 2.66. The molecule has 66 valence electrons. The Balaban J connectivity index is 2.46. The number of hydrogen-bond acceptors (Lipinski definition) is 2. The van der Waals surface area contributed by atoms with Crippen LogP contribution in [0.15, 0.2) is 24.3 Å². The highest BCUT2D eigenvalue weighted by atomic mass is 32.2. The molecule has 0 fully saturated rings. The van der Waals surface area contributed by atoms with E-state index in [1.165, 1.54) is 0 Å². The fourth-order valence-corrected chi connectivity index (χ4v) is 2.99. The Hall–Kier alpha value is -1.16. The molecule has 1 atom stereocenters. The first kappa shape index (κ1) is 7.26. The second-order valence-corrected chi connectivity index (χ2v) is 4.50. The Labute approximate surface area is 78.0 Å². The fourth-order valence-electron chi connectivity index (χ4n) is 1.71. The number of imidazole rings is 1. The lowest BCUT2D eigenvalue weighted by atomic mass is 10.3. The molecule has 3 nitrogen and oxygen atoms in total. The number of para-hydroxylation sites is 2. The van der Waals surface area contributed by atoms with E-state index in [1.54, 1.807) is 0 Å². The number of fused-ring (bicyclic) bond motifs is 3. The number of hydrogen-bond donors (Lipinski definition) is 0. The number of nitrogens with zero attached hydrogens (tertiary/aromatic N) is 2. The van der Waals surface area contributed by atoms with Crippen LogP contribution < -0.4 is 0 Å². The van der Waals surface area contributed by atoms with E-state index in [2.05, 4.69) is 4.98 Å². The van der Waals surface area contributed by atoms with Gasteiger partial charge in [0.05, 0.1) is 16.8 Å². The van der Waals surface area contributed by atoms with Crippen LogP contribution in [0.4, 0.5) is 0 Å². The average molecular weight is 192 g/mol. The van der Waals surface area contributed by atoms with Gasteiger partial charge in [0.15, 0.2) is 0 Å². The maximum absolute atomic E-state index is 11.6. The molecule has 0 aliphatic carbocycles. The summed E-state index contributed by atoms with van der Waals surface area (Å²) >= 11 is 0. The molecule has 3 rings (SSSR count). The topological polar surface area (TPSA) is 34.9 Å². The third-order valence-electron chi connectivity index (χ3n) is 2.29. The fraction of sp³-hybridized carbons (Fsp3) is 0.222. The van der Waals surface area contributed by atoms with Gasteiger partial charge in [0, 0.05) is 6.42 Å². The molecule has 1 unspecified atom stereocenters. The first-order valence-corrected chi connectivity index (χ1v) is 5.49. The summed E-state index contributed by atoms with van der Waals surface area (Å²) in [5, 5.41) is 0. The van der Waals surface area contributed by atoms with Gasteiger partial charge in [0.2, 0.25) is 0 Å². The Kier molecular flexibility index (Phi) is 1.35. The van der Waals surface area contributed by atoms with Gasteiger partial charge in [-0.15, -0.1) is 0 Å². The molecule has 0 radical (unpaired) electrons. The van der Waals surface area contributed by atoms with Gasteiger partial charge in [-0.1, -0.05) is 12.1 Å². The molecular formula is C9H8N2OS. The van der Waals surface area contributed by atoms with Gasteiger partial charge < -0.3 is 0 Å². The van der Waals surface area contributed by atoms with Crippen molar-refractivity contribution in [2.45, 2.75) is 6.42 Å². The van der Waals surface area contributed by atoms with E-state index >= 15 is 0 Å². The predicted molar refractivity (Wildman–Crippen MR) is 51.8 cm³/mol. The molecule has 13 heavy (non-hydrogen) atoms. The van der Waals surface area contributed by atoms with Crippen LogP contribution in [0.1, 0.15) is 5.82 Å². The molecule has 4 heteroatoms. The standard InChI is InChI=1S/C9H8N2OS/c12-13-6-5-9-10-7-3-1-2-4-8(7)11(9)13/h1-4H,5-6H2. The normalized spacial score (nSPS) is 20.8. The lowest BCUT2D eigenvalue weighted by molar-refractivity contribution is 0.682. The molecule has 0 saturated heterocycles. The van der Waals surface area contributed by atoms with Crippen LogP contribution >= 0.6 is 0 Å². The SMILES string of the molecule is O=S1CCc2nc3ccccc3n21. The summed E-state index contributed by atoms with van der Waals surface area (Å²) in [6.45, 7) is 0. The van der Waals surface area contributed by atoms with E-state index < -0.39 is 11.0 Å². The summed E-state index contributed by atoms with van der Waals surface area (Å²) in [5.41, 5.74) is 1.94. The third kappa shape index (κ3) is 0.891. The molecule has 1 aliphatic rings. The second-order valence-electron chi connectivity index (χ2n) is 3.09. The van der Waals surface area contributed by atoms with Crippen LogP contribution in [0.5, 0.6) is 0 Å². The minimum Gasteiger partial charge on any atom is -0.245 e. The van der Waals surface area contributed by atoms with Crippen LogP contribution in [0.3, 0.4) is 0 Å². The van der Waals surface area contributed by atoms with Crippen molar-refractivity contribution in [3.63, 3.8) is 0 Å². The van der Waals surface area contributed by atoms with Crippen LogP contribution in [0, 0.1) is 0 Å². The first-order chi connectivity index (χ1) is 6.36. The number of rotatable bonds is 0. The lowest BCUT2D eigenvalue weighted by Gasteiger charge is -1.95. The summed E-state index contributed by atoms with van der Waals surface area (Å²) in [4.78, 5) is 4.41. The highest BCUT2D eigenvalue weighted by Crippen LogP contribution is 2.21. The second kappa shape index (κ2) is 2.42. The third-order valence-corrected chi connectivity index (χ3v) is 3.66. The van der Waals surface area contributed by atoms with Gasteiger partial charge in [-0.25, -0.2) is 13.2 Å². The van der Waals surface area contributed by atoms with E-state index in [-0.39, 0.29) is 0 Å². The maximum atomic E-state index is 11.6. The van der Waals surface area contributed by atoms with E-state index in [4.69, 9.17) is 0 Å². The number of benzene rings is 1. The molecular weight excluding hydrogens is 184 g/mol. The van der Waals surface area contributed by atoms with Crippen molar-refractivity contribution >= 4 is 22.0 Å². The van der Waals surface area contributed by atoms with Crippen molar-refractivity contribution in [3.05, 3.63) is 30.1 Å². The highest BCUT2D eigenvalue weighted by Gasteiger charge is 2.21. The zero-order chi connectivity index (χ0) is 8.84. The summed E-state index contributed by atoms with van der Waals surface area (Å²) < 4.78 is 13.4. The molecule has 1 aromatic carbocycles. The molecule has 1 aliphatic heterocycles. The quantitative estimate of drug-likeness (QED) is 0.626. The minimum absolute atomic E-state index is 0.715. The number of aryl methyl sites for hydroxylation is 1. The predicted octanol–water partition coefficient (Wildman–Crippen LogP) is 1.10. The molecule has 2 heterocycles.